The summed E-state index contributed by atoms with van der Waals surface area (Å²) in [5.74, 6) is -2.85. The molecular weight excluding hydrogens is 844 g/mol. The van der Waals surface area contributed by atoms with E-state index in [0.29, 0.717) is 5.56 Å². The Morgan fingerprint density at radius 2 is 1.41 bits per heavy atom. The average Bonchev–Trinajstić information content (AvgIpc) is 3.26. The standard InChI is InChI=1S/C41H46O22/c42-13-27-31(50)33(52)36(55)40(61-27)59-25-11-19(44)10-24-20(25)12-26(37(58-24)17-4-7-21(45)22(46)9-17)60-41-38(63-39-35(54)30(49)23(47)14-57-39)34(53)32(51)28(62-41)15-56-29(48)8-3-16-1-5-18(43)6-2-16/h1-12,23,27-28,30-47,49-55H,13-15H2/p+1/b8-3-/t23-,27+,28+,30+,31+,32+,33-,34-,35+,36+,37?,38+,39+,40+,41+/m0/s1. The lowest BCUT2D eigenvalue weighted by molar-refractivity contribution is -0.353. The lowest BCUT2D eigenvalue weighted by atomic mass is 9.97. The second kappa shape index (κ2) is 19.2. The number of aliphatic hydroxyl groups excluding tert-OH is 9. The molecule has 4 aliphatic heterocycles. The van der Waals surface area contributed by atoms with Gasteiger partial charge in [-0.25, -0.2) is 4.79 Å². The number of aliphatic hydroxyl groups is 10. The third-order valence-corrected chi connectivity index (χ3v) is 10.7. The first-order valence-electron chi connectivity index (χ1n) is 19.4. The van der Waals surface area contributed by atoms with Gasteiger partial charge in [0.1, 0.15) is 90.5 Å². The largest absolute Gasteiger partial charge is 0.571 e. The number of hydrogen-bond acceptors (Lipinski definition) is 21. The van der Waals surface area contributed by atoms with Crippen LogP contribution in [0, 0.1) is 0 Å². The van der Waals surface area contributed by atoms with E-state index in [9.17, 15) is 71.2 Å². The zero-order valence-electron chi connectivity index (χ0n) is 32.7. The van der Waals surface area contributed by atoms with Crippen LogP contribution in [0.5, 0.6) is 34.5 Å². The topological polar surface area (TPSA) is 357 Å². The molecule has 7 rings (SSSR count). The molecule has 0 aromatic heterocycles. The van der Waals surface area contributed by atoms with Gasteiger partial charge in [-0.15, -0.1) is 0 Å². The molecule has 14 N–H and O–H groups in total. The summed E-state index contributed by atoms with van der Waals surface area (Å²) in [6.07, 6.45) is -22.1. The molecule has 0 amide bonds. The molecule has 0 spiro atoms. The van der Waals surface area contributed by atoms with Crippen LogP contribution in [0.4, 0.5) is 0 Å². The van der Waals surface area contributed by atoms with E-state index in [4.69, 9.17) is 33.2 Å². The number of fused-ring (bicyclic) bond motifs is 1. The minimum absolute atomic E-state index is 0.00347. The summed E-state index contributed by atoms with van der Waals surface area (Å²) in [5, 5.41) is 136. The number of aromatic hydroxyl groups is 5. The zero-order chi connectivity index (χ0) is 45.3. The number of carbonyl (C=O) groups excluding carboxylic acids is 1. The van der Waals surface area contributed by atoms with Gasteiger partial charge in [0.2, 0.25) is 12.6 Å². The molecule has 0 saturated carbocycles. The second-order valence-electron chi connectivity index (χ2n) is 15.1. The lowest BCUT2D eigenvalue weighted by Gasteiger charge is -2.45. The van der Waals surface area contributed by atoms with E-state index in [2.05, 4.69) is 4.74 Å². The smallest absolute Gasteiger partial charge is 0.330 e. The van der Waals surface area contributed by atoms with Crippen LogP contribution in [0.1, 0.15) is 22.8 Å². The molecule has 3 aromatic carbocycles. The van der Waals surface area contributed by atoms with Crippen molar-refractivity contribution < 1.29 is 109 Å². The van der Waals surface area contributed by atoms with Gasteiger partial charge in [0, 0.05) is 18.2 Å². The number of rotatable bonds is 12. The van der Waals surface area contributed by atoms with E-state index < -0.39 is 135 Å². The predicted molar refractivity (Wildman–Crippen MR) is 207 cm³/mol. The number of hydrogen-bond donors (Lipinski definition) is 13. The molecule has 4 heterocycles. The predicted octanol–water partition coefficient (Wildman–Crippen LogP) is -2.43. The first kappa shape index (κ1) is 45.7. The minimum atomic E-state index is -1.98. The Kier molecular flexibility index (Phi) is 13.9. The van der Waals surface area contributed by atoms with Crippen molar-refractivity contribution in [1.82, 2.24) is 0 Å². The first-order chi connectivity index (χ1) is 30.0. The van der Waals surface area contributed by atoms with Crippen LogP contribution in [0.2, 0.25) is 0 Å². The molecule has 3 fully saturated rings. The fourth-order valence-corrected chi connectivity index (χ4v) is 7.14. The Bertz CT molecular complexity index is 2130. The van der Waals surface area contributed by atoms with Gasteiger partial charge in [-0.1, -0.05) is 12.1 Å². The van der Waals surface area contributed by atoms with Crippen molar-refractivity contribution in [3.63, 3.8) is 0 Å². The van der Waals surface area contributed by atoms with E-state index in [-0.39, 0.29) is 34.1 Å². The highest BCUT2D eigenvalue weighted by Gasteiger charge is 2.52. The van der Waals surface area contributed by atoms with Crippen molar-refractivity contribution in [2.45, 2.75) is 92.1 Å². The van der Waals surface area contributed by atoms with Crippen LogP contribution >= 0.6 is 0 Å². The minimum Gasteiger partial charge on any atom is -0.571 e. The number of benzene rings is 3. The van der Waals surface area contributed by atoms with E-state index >= 15 is 0 Å². The van der Waals surface area contributed by atoms with E-state index in [1.165, 1.54) is 48.6 Å². The summed E-state index contributed by atoms with van der Waals surface area (Å²) in [7, 11) is 0. The average molecular weight is 892 g/mol. The van der Waals surface area contributed by atoms with Crippen molar-refractivity contribution >= 4 is 18.1 Å². The van der Waals surface area contributed by atoms with Gasteiger partial charge in [0.05, 0.1) is 24.8 Å². The summed E-state index contributed by atoms with van der Waals surface area (Å²) in [4.78, 5) is 12.7. The van der Waals surface area contributed by atoms with Gasteiger partial charge in [-0.2, -0.15) is 0 Å². The van der Waals surface area contributed by atoms with E-state index in [0.717, 1.165) is 24.3 Å². The lowest BCUT2D eigenvalue weighted by Crippen LogP contribution is -2.63. The van der Waals surface area contributed by atoms with Crippen LogP contribution < -0.4 is 4.74 Å². The van der Waals surface area contributed by atoms with Crippen LogP contribution in [0.25, 0.3) is 12.2 Å². The fraction of sp³-hybridized carbons (Fsp3) is 0.439. The number of carbonyl (C=O) groups is 1. The van der Waals surface area contributed by atoms with Crippen LogP contribution in [0.15, 0.2) is 66.4 Å². The molecule has 342 valence electrons. The van der Waals surface area contributed by atoms with Crippen molar-refractivity contribution in [2.24, 2.45) is 0 Å². The normalized spacial score (nSPS) is 34.4. The van der Waals surface area contributed by atoms with Crippen molar-refractivity contribution in [2.75, 3.05) is 19.8 Å². The number of phenols is 4. The van der Waals surface area contributed by atoms with Crippen LogP contribution in [-0.2, 0) is 33.2 Å². The highest BCUT2D eigenvalue weighted by molar-refractivity contribution is 5.87. The Morgan fingerprint density at radius 1 is 0.714 bits per heavy atom. The van der Waals surface area contributed by atoms with Crippen LogP contribution in [0.3, 0.4) is 0 Å². The van der Waals surface area contributed by atoms with Crippen molar-refractivity contribution in [3.05, 3.63) is 83.1 Å². The van der Waals surface area contributed by atoms with Gasteiger partial charge in [0.15, 0.2) is 29.7 Å². The third-order valence-electron chi connectivity index (χ3n) is 10.7. The molecule has 22 heteroatoms. The van der Waals surface area contributed by atoms with Gasteiger partial charge in [-0.05, 0) is 42.0 Å². The van der Waals surface area contributed by atoms with Crippen molar-refractivity contribution in [1.29, 1.82) is 0 Å². The summed E-state index contributed by atoms with van der Waals surface area (Å²) in [5.41, 5.74) is 0.709. The maximum Gasteiger partial charge on any atom is 0.330 e. The molecule has 63 heavy (non-hydrogen) atoms. The molecule has 3 saturated heterocycles. The molecule has 22 nitrogen and oxygen atoms in total. The third kappa shape index (κ3) is 9.93. The molecule has 3 aromatic rings. The molecule has 0 bridgehead atoms. The van der Waals surface area contributed by atoms with Gasteiger partial charge < -0.3 is 104 Å². The quantitative estimate of drug-likeness (QED) is 0.0389. The molecular formula is C41H47O22+. The highest BCUT2D eigenvalue weighted by atomic mass is 16.8. The van der Waals surface area contributed by atoms with Gasteiger partial charge >= 0.3 is 5.97 Å². The molecule has 0 radical (unpaired) electrons. The second-order valence-corrected chi connectivity index (χ2v) is 15.1. The summed E-state index contributed by atoms with van der Waals surface area (Å²) < 4.78 is 45.1. The Balaban J connectivity index is 1.23. The maximum atomic E-state index is 12.7. The molecule has 4 aliphatic rings. The summed E-state index contributed by atoms with van der Waals surface area (Å²) in [6.45, 7) is -1.98. The highest BCUT2D eigenvalue weighted by Crippen LogP contribution is 2.47. The number of ether oxygens (including phenoxy) is 8. The van der Waals surface area contributed by atoms with E-state index in [1.807, 2.05) is 0 Å². The zero-order valence-corrected chi connectivity index (χ0v) is 32.7. The van der Waals surface area contributed by atoms with Crippen LogP contribution in [-0.4, -0.2) is 183 Å². The monoisotopic (exact) mass is 891 g/mol. The van der Waals surface area contributed by atoms with E-state index in [1.54, 1.807) is 0 Å². The Hall–Kier alpha value is -5.31. The van der Waals surface area contributed by atoms with Gasteiger partial charge in [0.25, 0.3) is 11.9 Å². The fourth-order valence-electron chi connectivity index (χ4n) is 7.14. The molecule has 1 unspecified atom stereocenters. The maximum absolute atomic E-state index is 12.7. The summed E-state index contributed by atoms with van der Waals surface area (Å²) >= 11 is 0. The Labute approximate surface area is 356 Å². The number of esters is 1. The first-order valence-corrected chi connectivity index (χ1v) is 19.4. The summed E-state index contributed by atoms with van der Waals surface area (Å²) in [6, 6.07) is 11.8. The van der Waals surface area contributed by atoms with Crippen molar-refractivity contribution in [3.8, 4) is 34.5 Å². The Morgan fingerprint density at radius 3 is 2.13 bits per heavy atom. The molecule has 0 aliphatic carbocycles. The SMILES string of the molecule is O=C(/C=C\c1ccc(O)cc1)OC[C@H]1O[C@@H](OC2=Cc3c(O[C@@H]4O[C@H](CO)[C@@H](O)[C@H](O)[C@H]4O)cc(O)cc3[OH+]C2c2ccc(O)c(O)c2)[C@H](O[C@H]2OC[C@H](O)[C@@H](O)[C@H]2O)[C@@H](O)[C@@H]1O. The number of phenolic OH excluding ortho intramolecular Hbond substituents is 4. The molecule has 15 atom stereocenters. The van der Waals surface area contributed by atoms with Gasteiger partial charge in [-0.3, -0.25) is 0 Å².